The first-order valence-electron chi connectivity index (χ1n) is 5.03. The van der Waals surface area contributed by atoms with Gasteiger partial charge in [-0.3, -0.25) is 10.1 Å². The van der Waals surface area contributed by atoms with Crippen LogP contribution in [0.3, 0.4) is 0 Å². The number of rotatable bonds is 4. The van der Waals surface area contributed by atoms with Crippen LogP contribution in [-0.2, 0) is 6.54 Å². The number of hydrogen-bond donors (Lipinski definition) is 1. The Morgan fingerprint density at radius 3 is 2.94 bits per heavy atom. The monoisotopic (exact) mass is 252 g/mol. The molecular weight excluding hydrogens is 243 g/mol. The standard InChI is InChI=1S/C10H9FN4O3/c1-12-5-9-13-14-10(18-9)7-4-6(11)2-3-8(7)15(16)17/h2-4,12H,5H2,1H3. The van der Waals surface area contributed by atoms with Crippen LogP contribution in [0.5, 0.6) is 0 Å². The fourth-order valence-corrected chi connectivity index (χ4v) is 1.42. The Morgan fingerprint density at radius 1 is 1.50 bits per heavy atom. The molecule has 1 heterocycles. The predicted molar refractivity (Wildman–Crippen MR) is 59.1 cm³/mol. The molecule has 0 unspecified atom stereocenters. The molecule has 0 aliphatic carbocycles. The molecule has 2 rings (SSSR count). The minimum atomic E-state index is -0.628. The molecule has 0 fully saturated rings. The Labute approximate surface area is 101 Å². The van der Waals surface area contributed by atoms with Crippen molar-refractivity contribution in [2.24, 2.45) is 0 Å². The Kier molecular flexibility index (Phi) is 3.28. The molecule has 18 heavy (non-hydrogen) atoms. The van der Waals surface area contributed by atoms with Gasteiger partial charge in [0, 0.05) is 6.07 Å². The van der Waals surface area contributed by atoms with Crippen molar-refractivity contribution < 1.29 is 13.7 Å². The molecule has 0 bridgehead atoms. The van der Waals surface area contributed by atoms with Crippen molar-refractivity contribution in [1.82, 2.24) is 15.5 Å². The van der Waals surface area contributed by atoms with Crippen molar-refractivity contribution in [3.05, 3.63) is 40.0 Å². The number of nitro benzene ring substituents is 1. The molecule has 0 aliphatic heterocycles. The number of nitro groups is 1. The van der Waals surface area contributed by atoms with Crippen LogP contribution in [0.1, 0.15) is 5.89 Å². The summed E-state index contributed by atoms with van der Waals surface area (Å²) in [6.07, 6.45) is 0. The maximum absolute atomic E-state index is 13.1. The molecule has 0 spiro atoms. The SMILES string of the molecule is CNCc1nnc(-c2cc(F)ccc2[N+](=O)[O-])o1. The summed E-state index contributed by atoms with van der Waals surface area (Å²) in [5.74, 6) is -0.415. The van der Waals surface area contributed by atoms with Crippen LogP contribution >= 0.6 is 0 Å². The first-order valence-corrected chi connectivity index (χ1v) is 5.03. The second kappa shape index (κ2) is 4.88. The molecular formula is C10H9FN4O3. The van der Waals surface area contributed by atoms with Gasteiger partial charge in [0.15, 0.2) is 0 Å². The normalized spacial score (nSPS) is 10.6. The number of nitrogens with one attached hydrogen (secondary N) is 1. The molecule has 1 N–H and O–H groups in total. The largest absolute Gasteiger partial charge is 0.419 e. The zero-order valence-electron chi connectivity index (χ0n) is 9.38. The van der Waals surface area contributed by atoms with Crippen LogP contribution in [0.15, 0.2) is 22.6 Å². The van der Waals surface area contributed by atoms with Crippen LogP contribution in [0, 0.1) is 15.9 Å². The fourth-order valence-electron chi connectivity index (χ4n) is 1.42. The third-order valence-electron chi connectivity index (χ3n) is 2.18. The van der Waals surface area contributed by atoms with Gasteiger partial charge in [-0.05, 0) is 19.2 Å². The van der Waals surface area contributed by atoms with E-state index in [0.29, 0.717) is 6.54 Å². The zero-order chi connectivity index (χ0) is 13.1. The Hall–Kier alpha value is -2.35. The quantitative estimate of drug-likeness (QED) is 0.654. The summed E-state index contributed by atoms with van der Waals surface area (Å²) in [4.78, 5) is 10.2. The van der Waals surface area contributed by atoms with E-state index in [1.807, 2.05) is 0 Å². The van der Waals surface area contributed by atoms with E-state index in [0.717, 1.165) is 18.2 Å². The lowest BCUT2D eigenvalue weighted by Gasteiger charge is -1.98. The van der Waals surface area contributed by atoms with Gasteiger partial charge in [-0.1, -0.05) is 0 Å². The second-order valence-electron chi connectivity index (χ2n) is 3.45. The molecule has 1 aromatic carbocycles. The summed E-state index contributed by atoms with van der Waals surface area (Å²) in [5.41, 5.74) is -0.314. The average Bonchev–Trinajstić information content (AvgIpc) is 2.77. The van der Waals surface area contributed by atoms with Crippen LogP contribution in [0.2, 0.25) is 0 Å². The van der Waals surface area contributed by atoms with E-state index in [9.17, 15) is 14.5 Å². The lowest BCUT2D eigenvalue weighted by Crippen LogP contribution is -2.04. The van der Waals surface area contributed by atoms with Crippen molar-refractivity contribution in [3.8, 4) is 11.5 Å². The highest BCUT2D eigenvalue weighted by Gasteiger charge is 2.20. The highest BCUT2D eigenvalue weighted by Crippen LogP contribution is 2.29. The molecule has 2 aromatic rings. The number of hydrogen-bond acceptors (Lipinski definition) is 6. The van der Waals surface area contributed by atoms with Gasteiger partial charge in [0.1, 0.15) is 11.4 Å². The van der Waals surface area contributed by atoms with Gasteiger partial charge in [0.05, 0.1) is 11.5 Å². The Morgan fingerprint density at radius 2 is 2.28 bits per heavy atom. The molecule has 7 nitrogen and oxygen atoms in total. The third kappa shape index (κ3) is 2.33. The maximum Gasteiger partial charge on any atom is 0.282 e. The van der Waals surface area contributed by atoms with Gasteiger partial charge in [0.25, 0.3) is 11.6 Å². The topological polar surface area (TPSA) is 94.1 Å². The summed E-state index contributed by atoms with van der Waals surface area (Å²) in [6.45, 7) is 0.329. The summed E-state index contributed by atoms with van der Waals surface area (Å²) >= 11 is 0. The highest BCUT2D eigenvalue weighted by molar-refractivity contribution is 5.66. The minimum Gasteiger partial charge on any atom is -0.419 e. The maximum atomic E-state index is 13.1. The fraction of sp³-hybridized carbons (Fsp3) is 0.200. The number of halogens is 1. The first kappa shape index (κ1) is 12.1. The first-order chi connectivity index (χ1) is 8.61. The molecule has 1 aromatic heterocycles. The summed E-state index contributed by atoms with van der Waals surface area (Å²) in [7, 11) is 1.69. The van der Waals surface area contributed by atoms with Crippen molar-refractivity contribution in [3.63, 3.8) is 0 Å². The van der Waals surface area contributed by atoms with E-state index in [2.05, 4.69) is 15.5 Å². The number of benzene rings is 1. The number of nitrogens with zero attached hydrogens (tertiary/aromatic N) is 3. The van der Waals surface area contributed by atoms with Gasteiger partial charge in [-0.25, -0.2) is 4.39 Å². The van der Waals surface area contributed by atoms with Gasteiger partial charge >= 0.3 is 0 Å². The molecule has 0 atom stereocenters. The van der Waals surface area contributed by atoms with E-state index >= 15 is 0 Å². The second-order valence-corrected chi connectivity index (χ2v) is 3.45. The molecule has 0 amide bonds. The van der Waals surface area contributed by atoms with Crippen molar-refractivity contribution in [2.45, 2.75) is 6.54 Å². The molecule has 8 heteroatoms. The number of aromatic nitrogens is 2. The van der Waals surface area contributed by atoms with Crippen LogP contribution in [-0.4, -0.2) is 22.2 Å². The predicted octanol–water partition coefficient (Wildman–Crippen LogP) is 1.50. The van der Waals surface area contributed by atoms with E-state index in [4.69, 9.17) is 4.42 Å². The van der Waals surface area contributed by atoms with Gasteiger partial charge in [-0.2, -0.15) is 0 Å². The Balaban J connectivity index is 2.47. The lowest BCUT2D eigenvalue weighted by atomic mass is 10.2. The smallest absolute Gasteiger partial charge is 0.282 e. The van der Waals surface area contributed by atoms with Crippen molar-refractivity contribution >= 4 is 5.69 Å². The summed E-state index contributed by atoms with van der Waals surface area (Å²) < 4.78 is 18.3. The van der Waals surface area contributed by atoms with E-state index in [-0.39, 0.29) is 23.0 Å². The third-order valence-corrected chi connectivity index (χ3v) is 2.18. The molecule has 0 aliphatic rings. The van der Waals surface area contributed by atoms with Crippen molar-refractivity contribution in [1.29, 1.82) is 0 Å². The highest BCUT2D eigenvalue weighted by atomic mass is 19.1. The van der Waals surface area contributed by atoms with Crippen LogP contribution < -0.4 is 5.32 Å². The van der Waals surface area contributed by atoms with Gasteiger partial charge < -0.3 is 9.73 Å². The molecule has 0 saturated heterocycles. The Bertz CT molecular complexity index is 584. The molecule has 94 valence electrons. The molecule has 0 saturated carbocycles. The van der Waals surface area contributed by atoms with E-state index in [1.165, 1.54) is 0 Å². The zero-order valence-corrected chi connectivity index (χ0v) is 9.38. The van der Waals surface area contributed by atoms with Crippen molar-refractivity contribution in [2.75, 3.05) is 7.05 Å². The van der Waals surface area contributed by atoms with E-state index < -0.39 is 10.7 Å². The van der Waals surface area contributed by atoms with Gasteiger partial charge in [-0.15, -0.1) is 10.2 Å². The average molecular weight is 252 g/mol. The van der Waals surface area contributed by atoms with Crippen LogP contribution in [0.4, 0.5) is 10.1 Å². The summed E-state index contributed by atoms with van der Waals surface area (Å²) in [6, 6.07) is 3.06. The van der Waals surface area contributed by atoms with Crippen LogP contribution in [0.25, 0.3) is 11.5 Å². The molecule has 0 radical (unpaired) electrons. The minimum absolute atomic E-state index is 0.0325. The lowest BCUT2D eigenvalue weighted by molar-refractivity contribution is -0.384. The summed E-state index contributed by atoms with van der Waals surface area (Å²) in [5, 5.41) is 21.0. The van der Waals surface area contributed by atoms with E-state index in [1.54, 1.807) is 7.05 Å². The van der Waals surface area contributed by atoms with Gasteiger partial charge in [0.2, 0.25) is 5.89 Å².